The molecule has 0 aliphatic carbocycles. The van der Waals surface area contributed by atoms with Gasteiger partial charge in [-0.15, -0.1) is 0 Å². The Kier molecular flexibility index (Phi) is 5.66. The van der Waals surface area contributed by atoms with Crippen molar-refractivity contribution in [2.75, 3.05) is 10.0 Å². The maximum atomic E-state index is 13.6. The van der Waals surface area contributed by atoms with Crippen LogP contribution in [0.3, 0.4) is 0 Å². The number of hydrogen-bond donors (Lipinski definition) is 3. The van der Waals surface area contributed by atoms with Crippen LogP contribution in [0.1, 0.15) is 5.56 Å². The summed E-state index contributed by atoms with van der Waals surface area (Å²) in [6, 6.07) is 9.17. The van der Waals surface area contributed by atoms with Gasteiger partial charge in [0.05, 0.1) is 15.6 Å². The molecule has 2 aromatic heterocycles. The average Bonchev–Trinajstić information content (AvgIpc) is 2.65. The van der Waals surface area contributed by atoms with Gasteiger partial charge in [-0.05, 0) is 42.8 Å². The summed E-state index contributed by atoms with van der Waals surface area (Å²) in [6.07, 6.45) is -0.231. The number of anilines is 2. The van der Waals surface area contributed by atoms with Crippen molar-refractivity contribution in [3.05, 3.63) is 65.1 Å². The summed E-state index contributed by atoms with van der Waals surface area (Å²) in [6.45, 7) is 1.75. The summed E-state index contributed by atoms with van der Waals surface area (Å²) < 4.78 is 41.2. The van der Waals surface area contributed by atoms with Crippen LogP contribution < -0.4 is 10.0 Å². The predicted octanol–water partition coefficient (Wildman–Crippen LogP) is 4.14. The zero-order valence-electron chi connectivity index (χ0n) is 14.8. The zero-order chi connectivity index (χ0) is 21.2. The van der Waals surface area contributed by atoms with E-state index in [1.807, 2.05) is 5.32 Å². The van der Waals surface area contributed by atoms with Crippen molar-refractivity contribution < 1.29 is 22.7 Å². The van der Waals surface area contributed by atoms with E-state index >= 15 is 0 Å². The summed E-state index contributed by atoms with van der Waals surface area (Å²) in [5, 5.41) is 10.9. The molecule has 3 rings (SSSR count). The second-order valence-corrected chi connectivity index (χ2v) is 7.99. The lowest BCUT2D eigenvalue weighted by molar-refractivity contribution is 0.209. The van der Waals surface area contributed by atoms with Crippen molar-refractivity contribution in [1.29, 1.82) is 0 Å². The SMILES string of the molecule is Cc1ccc(F)cc1-c1nc(NS(=O)(=O)c2ccnc(NC(=O)O)c2)ccc1Cl. The number of carboxylic acid groups (broad SMARTS) is 1. The summed E-state index contributed by atoms with van der Waals surface area (Å²) in [5.74, 6) is -0.678. The molecule has 0 atom stereocenters. The van der Waals surface area contributed by atoms with Crippen molar-refractivity contribution in [3.8, 4) is 11.3 Å². The molecule has 0 spiro atoms. The first-order chi connectivity index (χ1) is 13.7. The largest absolute Gasteiger partial charge is 0.465 e. The Labute approximate surface area is 170 Å². The van der Waals surface area contributed by atoms with Gasteiger partial charge in [-0.3, -0.25) is 10.0 Å². The van der Waals surface area contributed by atoms with Crippen molar-refractivity contribution in [3.63, 3.8) is 0 Å². The van der Waals surface area contributed by atoms with Crippen LogP contribution in [0.25, 0.3) is 11.3 Å². The molecule has 2 heterocycles. The van der Waals surface area contributed by atoms with Gasteiger partial charge >= 0.3 is 6.09 Å². The Bertz CT molecular complexity index is 1200. The van der Waals surface area contributed by atoms with Crippen LogP contribution in [-0.2, 0) is 10.0 Å². The molecule has 0 radical (unpaired) electrons. The smallest absolute Gasteiger partial charge is 0.410 e. The molecule has 0 aliphatic rings. The number of aromatic nitrogens is 2. The van der Waals surface area contributed by atoms with E-state index in [9.17, 15) is 17.6 Å². The van der Waals surface area contributed by atoms with Gasteiger partial charge in [-0.25, -0.2) is 27.6 Å². The molecule has 0 bridgehead atoms. The lowest BCUT2D eigenvalue weighted by Crippen LogP contribution is -2.15. The Morgan fingerprint density at radius 3 is 2.62 bits per heavy atom. The summed E-state index contributed by atoms with van der Waals surface area (Å²) in [7, 11) is -4.10. The molecule has 8 nitrogen and oxygen atoms in total. The van der Waals surface area contributed by atoms with Gasteiger partial charge in [0.25, 0.3) is 10.0 Å². The van der Waals surface area contributed by atoms with Gasteiger partial charge in [0.15, 0.2) is 0 Å². The number of nitrogens with one attached hydrogen (secondary N) is 2. The predicted molar refractivity (Wildman–Crippen MR) is 106 cm³/mol. The number of rotatable bonds is 5. The van der Waals surface area contributed by atoms with Gasteiger partial charge < -0.3 is 5.11 Å². The van der Waals surface area contributed by atoms with E-state index in [1.165, 1.54) is 30.3 Å². The zero-order valence-corrected chi connectivity index (χ0v) is 16.4. The molecule has 0 saturated carbocycles. The molecule has 0 saturated heterocycles. The number of hydrogen-bond acceptors (Lipinski definition) is 5. The van der Waals surface area contributed by atoms with E-state index in [0.717, 1.165) is 12.3 Å². The third-order valence-corrected chi connectivity index (χ3v) is 5.47. The van der Waals surface area contributed by atoms with E-state index in [1.54, 1.807) is 13.0 Å². The third-order valence-electron chi connectivity index (χ3n) is 3.82. The van der Waals surface area contributed by atoms with Crippen LogP contribution in [0, 0.1) is 12.7 Å². The number of halogens is 2. The van der Waals surface area contributed by atoms with Crippen LogP contribution in [0.5, 0.6) is 0 Å². The molecule has 150 valence electrons. The van der Waals surface area contributed by atoms with E-state index in [2.05, 4.69) is 14.7 Å². The van der Waals surface area contributed by atoms with Crippen molar-refractivity contribution in [2.24, 2.45) is 0 Å². The quantitative estimate of drug-likeness (QED) is 0.552. The van der Waals surface area contributed by atoms with Crippen LogP contribution in [0.15, 0.2) is 53.6 Å². The molecule has 1 aromatic carbocycles. The molecular weight excluding hydrogens is 423 g/mol. The fourth-order valence-electron chi connectivity index (χ4n) is 2.49. The topological polar surface area (TPSA) is 121 Å². The molecule has 3 aromatic rings. The summed E-state index contributed by atoms with van der Waals surface area (Å²) in [4.78, 5) is 18.4. The molecule has 0 unspecified atom stereocenters. The Morgan fingerprint density at radius 2 is 1.90 bits per heavy atom. The van der Waals surface area contributed by atoms with E-state index < -0.39 is 21.9 Å². The third kappa shape index (κ3) is 4.79. The highest BCUT2D eigenvalue weighted by atomic mass is 35.5. The number of pyridine rings is 2. The van der Waals surface area contributed by atoms with Gasteiger partial charge in [0.1, 0.15) is 17.5 Å². The fourth-order valence-corrected chi connectivity index (χ4v) is 3.71. The summed E-state index contributed by atoms with van der Waals surface area (Å²) >= 11 is 6.18. The Hall–Kier alpha value is -3.24. The highest BCUT2D eigenvalue weighted by Crippen LogP contribution is 2.31. The minimum absolute atomic E-state index is 0.0439. The van der Waals surface area contributed by atoms with E-state index in [-0.39, 0.29) is 27.2 Å². The minimum atomic E-state index is -4.10. The first-order valence-corrected chi connectivity index (χ1v) is 9.94. The highest BCUT2D eigenvalue weighted by Gasteiger charge is 2.18. The highest BCUT2D eigenvalue weighted by molar-refractivity contribution is 7.92. The molecule has 3 N–H and O–H groups in total. The molecule has 29 heavy (non-hydrogen) atoms. The van der Waals surface area contributed by atoms with Gasteiger partial charge in [-0.1, -0.05) is 17.7 Å². The van der Waals surface area contributed by atoms with Gasteiger partial charge in [0, 0.05) is 17.8 Å². The lowest BCUT2D eigenvalue weighted by Gasteiger charge is -2.12. The number of amides is 1. The molecule has 1 amide bonds. The minimum Gasteiger partial charge on any atom is -0.465 e. The molecular formula is C18H14ClFN4O4S. The number of sulfonamides is 1. The van der Waals surface area contributed by atoms with Crippen LogP contribution in [0.2, 0.25) is 5.02 Å². The first kappa shape index (κ1) is 20.5. The maximum absolute atomic E-state index is 13.6. The van der Waals surface area contributed by atoms with Crippen molar-refractivity contribution >= 4 is 39.4 Å². The van der Waals surface area contributed by atoms with Gasteiger partial charge in [-0.2, -0.15) is 0 Å². The van der Waals surface area contributed by atoms with Crippen molar-refractivity contribution in [2.45, 2.75) is 11.8 Å². The lowest BCUT2D eigenvalue weighted by atomic mass is 10.0. The standard InChI is InChI=1S/C18H14ClFN4O4S/c1-10-2-3-11(20)8-13(10)17-14(19)4-5-15(22-17)24-29(27,28)12-6-7-21-16(9-12)23-18(25)26/h2-9H,1H3,(H,21,23)(H,22,24)(H,25,26). The van der Waals surface area contributed by atoms with Crippen LogP contribution in [0.4, 0.5) is 20.8 Å². The maximum Gasteiger partial charge on any atom is 0.410 e. The van der Waals surface area contributed by atoms with Crippen molar-refractivity contribution in [1.82, 2.24) is 9.97 Å². The second kappa shape index (κ2) is 8.02. The second-order valence-electron chi connectivity index (χ2n) is 5.90. The van der Waals surface area contributed by atoms with Crippen LogP contribution in [-0.4, -0.2) is 29.6 Å². The van der Waals surface area contributed by atoms with Crippen LogP contribution >= 0.6 is 11.6 Å². The number of nitrogens with zero attached hydrogens (tertiary/aromatic N) is 2. The average molecular weight is 437 g/mol. The first-order valence-electron chi connectivity index (χ1n) is 8.07. The number of carbonyl (C=O) groups is 1. The normalized spacial score (nSPS) is 11.1. The monoisotopic (exact) mass is 436 g/mol. The molecule has 0 aliphatic heterocycles. The molecule has 11 heteroatoms. The van der Waals surface area contributed by atoms with E-state index in [0.29, 0.717) is 11.1 Å². The molecule has 0 fully saturated rings. The van der Waals surface area contributed by atoms with E-state index in [4.69, 9.17) is 16.7 Å². The summed E-state index contributed by atoms with van der Waals surface area (Å²) in [5.41, 5.74) is 1.35. The fraction of sp³-hybridized carbons (Fsp3) is 0.0556. The van der Waals surface area contributed by atoms with Gasteiger partial charge in [0.2, 0.25) is 0 Å². The number of benzene rings is 1. The number of aryl methyl sites for hydroxylation is 1. The Morgan fingerprint density at radius 1 is 1.14 bits per heavy atom. The Balaban J connectivity index is 1.96.